The van der Waals surface area contributed by atoms with Gasteiger partial charge < -0.3 is 9.97 Å². The summed E-state index contributed by atoms with van der Waals surface area (Å²) in [5.74, 6) is -0.506. The van der Waals surface area contributed by atoms with Crippen molar-refractivity contribution < 1.29 is 29.7 Å². The summed E-state index contributed by atoms with van der Waals surface area (Å²) in [6.45, 7) is 4.73. The Bertz CT molecular complexity index is 2180. The molecule has 48 heavy (non-hydrogen) atoms. The average Bonchev–Trinajstić information content (AvgIpc) is 3.33. The van der Waals surface area contributed by atoms with Crippen LogP contribution in [-0.2, 0) is 20.1 Å². The van der Waals surface area contributed by atoms with Gasteiger partial charge in [0.05, 0.1) is 0 Å². The predicted octanol–water partition coefficient (Wildman–Crippen LogP) is 12.0. The summed E-state index contributed by atoms with van der Waals surface area (Å²) < 4.78 is 54.7. The number of rotatable bonds is 5. The molecule has 0 spiro atoms. The molecule has 0 saturated heterocycles. The van der Waals surface area contributed by atoms with E-state index in [9.17, 15) is 0 Å². The van der Waals surface area contributed by atoms with Crippen molar-refractivity contribution in [2.24, 2.45) is 10.8 Å². The summed E-state index contributed by atoms with van der Waals surface area (Å²) >= 11 is 0. The monoisotopic (exact) mass is 812 g/mol. The minimum Gasteiger partial charge on any atom is -0.305 e. The number of aromatic nitrogens is 2. The Hall–Kier alpha value is -4.17. The maximum Gasteiger partial charge on any atom is 0.0353 e. The van der Waals surface area contributed by atoms with E-state index in [-0.39, 0.29) is 42.1 Å². The predicted molar refractivity (Wildman–Crippen MR) is 197 cm³/mol. The summed E-state index contributed by atoms with van der Waals surface area (Å²) in [5, 5.41) is 0. The second-order valence-electron chi connectivity index (χ2n) is 13.5. The quantitative estimate of drug-likeness (QED) is 0.162. The molecule has 1 saturated carbocycles. The van der Waals surface area contributed by atoms with Gasteiger partial charge in [-0.3, -0.25) is 0 Å². The van der Waals surface area contributed by atoms with Crippen LogP contribution in [0.1, 0.15) is 72.7 Å². The van der Waals surface area contributed by atoms with E-state index < -0.39 is 19.6 Å². The van der Waals surface area contributed by atoms with Gasteiger partial charge in [0, 0.05) is 42.1 Å². The molecule has 0 atom stereocenters. The molecule has 1 aliphatic rings. The molecular formula is C45H44IrN2-2. The van der Waals surface area contributed by atoms with E-state index in [1.165, 1.54) is 18.3 Å². The van der Waals surface area contributed by atoms with E-state index in [0.717, 1.165) is 46.4 Å². The van der Waals surface area contributed by atoms with Crippen LogP contribution in [0.15, 0.2) is 128 Å². The SMILES string of the molecule is [2H]C([2H])([2H])c1ccc(-c2[c-]cc(C([2H])([2H])[2H])c(-c3ccccc3)c2)nc1.[2H]C1(c2ccc(-c3ccnc(-c4[c-]cccc4)c3)cc2)CC(C)(C)C(C)(C)C1.[Ir]. The third-order valence-electron chi connectivity index (χ3n) is 9.59. The van der Waals surface area contributed by atoms with Crippen molar-refractivity contribution in [2.45, 2.75) is 60.1 Å². The van der Waals surface area contributed by atoms with Crippen molar-refractivity contribution in [3.63, 3.8) is 0 Å². The first-order valence-corrected chi connectivity index (χ1v) is 16.0. The normalized spacial score (nSPS) is 18.1. The molecule has 6 aromatic rings. The van der Waals surface area contributed by atoms with Crippen LogP contribution in [-0.4, -0.2) is 9.97 Å². The van der Waals surface area contributed by atoms with E-state index in [1.54, 1.807) is 12.1 Å². The van der Waals surface area contributed by atoms with Crippen molar-refractivity contribution >= 4 is 0 Å². The molecule has 0 amide bonds. The molecule has 245 valence electrons. The molecule has 4 aromatic carbocycles. The standard InChI is InChI=1S/C26H28N.C19H16N.Ir/c1-25(2)17-23(18-26(25,3)4)20-12-10-19(11-13-20)22-14-15-27-24(16-22)21-8-6-5-7-9-21;1-14-8-11-19(20-13-14)17-10-9-15(2)18(12-17)16-6-4-3-5-7-16;/h5-8,10-16,23H,17-18H2,1-4H3;3-9,11-13H,1-2H3;/q2*-1;/i23D;1D3,2D3;. The van der Waals surface area contributed by atoms with E-state index >= 15 is 0 Å². The summed E-state index contributed by atoms with van der Waals surface area (Å²) in [6, 6.07) is 42.4. The zero-order valence-corrected chi connectivity index (χ0v) is 30.2. The van der Waals surface area contributed by atoms with Crippen molar-refractivity contribution in [3.8, 4) is 44.8 Å². The van der Waals surface area contributed by atoms with E-state index in [1.807, 2.05) is 66.9 Å². The van der Waals surface area contributed by atoms with Gasteiger partial charge in [-0.2, -0.15) is 0 Å². The van der Waals surface area contributed by atoms with Crippen LogP contribution < -0.4 is 0 Å². The number of pyridine rings is 2. The zero-order chi connectivity index (χ0) is 38.9. The van der Waals surface area contributed by atoms with Crippen LogP contribution in [0.4, 0.5) is 0 Å². The fraction of sp³-hybridized carbons (Fsp3) is 0.244. The minimum atomic E-state index is -2.27. The molecule has 1 aliphatic carbocycles. The Labute approximate surface area is 310 Å². The van der Waals surface area contributed by atoms with Crippen LogP contribution in [0.5, 0.6) is 0 Å². The van der Waals surface area contributed by atoms with Gasteiger partial charge >= 0.3 is 0 Å². The van der Waals surface area contributed by atoms with Gasteiger partial charge in [-0.25, -0.2) is 0 Å². The Morgan fingerprint density at radius 1 is 0.688 bits per heavy atom. The number of benzene rings is 4. The van der Waals surface area contributed by atoms with Crippen molar-refractivity contribution in [1.29, 1.82) is 0 Å². The van der Waals surface area contributed by atoms with Crippen LogP contribution in [0, 0.1) is 36.7 Å². The van der Waals surface area contributed by atoms with Crippen LogP contribution in [0.3, 0.4) is 0 Å². The number of aryl methyl sites for hydroxylation is 2. The third-order valence-corrected chi connectivity index (χ3v) is 9.59. The van der Waals surface area contributed by atoms with Gasteiger partial charge in [0.15, 0.2) is 0 Å². The molecule has 1 radical (unpaired) electrons. The number of hydrogen-bond acceptors (Lipinski definition) is 2. The first kappa shape index (κ1) is 26.7. The number of hydrogen-bond donors (Lipinski definition) is 0. The Kier molecular flexibility index (Phi) is 8.32. The molecule has 0 bridgehead atoms. The summed E-state index contributed by atoms with van der Waals surface area (Å²) in [7, 11) is 0. The molecule has 0 aliphatic heterocycles. The Morgan fingerprint density at radius 3 is 2.08 bits per heavy atom. The molecule has 7 rings (SSSR count). The van der Waals surface area contributed by atoms with Gasteiger partial charge in [-0.05, 0) is 81.7 Å². The van der Waals surface area contributed by atoms with Crippen molar-refractivity contribution in [2.75, 3.05) is 0 Å². The Balaban J connectivity index is 0.000000208. The van der Waals surface area contributed by atoms with Gasteiger partial charge in [-0.15, -0.1) is 65.2 Å². The smallest absolute Gasteiger partial charge is 0.0353 e. The molecule has 2 nitrogen and oxygen atoms in total. The van der Waals surface area contributed by atoms with Gasteiger partial charge in [0.25, 0.3) is 0 Å². The Morgan fingerprint density at radius 2 is 1.44 bits per heavy atom. The molecule has 2 heterocycles. The first-order chi connectivity index (χ1) is 25.4. The molecule has 2 aromatic heterocycles. The fourth-order valence-electron chi connectivity index (χ4n) is 6.07. The van der Waals surface area contributed by atoms with E-state index in [2.05, 4.69) is 80.1 Å². The van der Waals surface area contributed by atoms with E-state index in [0.29, 0.717) is 16.8 Å². The molecular weight excluding hydrogens is 761 g/mol. The van der Waals surface area contributed by atoms with Crippen molar-refractivity contribution in [1.82, 2.24) is 9.97 Å². The van der Waals surface area contributed by atoms with Crippen LogP contribution >= 0.6 is 0 Å². The fourth-order valence-corrected chi connectivity index (χ4v) is 6.07. The summed E-state index contributed by atoms with van der Waals surface area (Å²) in [5.41, 5.74) is 8.56. The van der Waals surface area contributed by atoms with E-state index in [4.69, 9.17) is 9.60 Å². The van der Waals surface area contributed by atoms with Crippen LogP contribution in [0.25, 0.3) is 44.8 Å². The molecule has 0 N–H and O–H groups in total. The second kappa shape index (κ2) is 14.9. The molecule has 0 unspecified atom stereocenters. The maximum absolute atomic E-state index is 9.14. The number of nitrogens with zero attached hydrogens (tertiary/aromatic N) is 2. The summed E-state index contributed by atoms with van der Waals surface area (Å²) in [6.07, 6.45) is 4.97. The van der Waals surface area contributed by atoms with Crippen LogP contribution in [0.2, 0.25) is 0 Å². The third kappa shape index (κ3) is 7.92. The first-order valence-electron chi connectivity index (χ1n) is 19.5. The zero-order valence-electron chi connectivity index (χ0n) is 34.8. The van der Waals surface area contributed by atoms with Gasteiger partial charge in [-0.1, -0.05) is 113 Å². The summed E-state index contributed by atoms with van der Waals surface area (Å²) in [4.78, 5) is 8.71. The van der Waals surface area contributed by atoms with Gasteiger partial charge in [0.1, 0.15) is 0 Å². The largest absolute Gasteiger partial charge is 0.305 e. The van der Waals surface area contributed by atoms with Gasteiger partial charge in [0.2, 0.25) is 0 Å². The second-order valence-corrected chi connectivity index (χ2v) is 13.5. The maximum atomic E-state index is 9.14. The molecule has 1 fully saturated rings. The minimum absolute atomic E-state index is 0. The van der Waals surface area contributed by atoms with Crippen molar-refractivity contribution in [3.05, 3.63) is 156 Å². The molecule has 3 heteroatoms. The topological polar surface area (TPSA) is 25.8 Å². The average molecular weight is 812 g/mol.